The normalized spacial score (nSPS) is 19.4. The molecular weight excluding hydrogens is 186 g/mol. The lowest BCUT2D eigenvalue weighted by molar-refractivity contribution is -0.125. The van der Waals surface area contributed by atoms with E-state index >= 15 is 0 Å². The lowest BCUT2D eigenvalue weighted by atomic mass is 9.84. The average molecular weight is 197 g/mol. The topological polar surface area (TPSA) is 102 Å². The predicted molar refractivity (Wildman–Crippen MR) is 45.3 cm³/mol. The number of Topliss-reactive ketones (excluding diaryl/α,β-unsaturated/α-hetero) is 1. The molecule has 0 aromatic carbocycles. The summed E-state index contributed by atoms with van der Waals surface area (Å²) in [6.45, 7) is 0.0469. The van der Waals surface area contributed by atoms with Crippen LogP contribution in [0.2, 0.25) is 0 Å². The minimum atomic E-state index is -0.910. The molecular formula is C8H11N3O3. The first kappa shape index (κ1) is 9.29. The van der Waals surface area contributed by atoms with Crippen LogP contribution in [0.25, 0.3) is 0 Å². The Bertz CT molecular complexity index is 341. The minimum absolute atomic E-state index is 0.0359. The molecule has 76 valence electrons. The van der Waals surface area contributed by atoms with Crippen LogP contribution in [-0.4, -0.2) is 27.6 Å². The van der Waals surface area contributed by atoms with Crippen molar-refractivity contribution in [2.24, 2.45) is 5.73 Å². The van der Waals surface area contributed by atoms with Crippen molar-refractivity contribution >= 4 is 5.78 Å². The molecule has 6 nitrogen and oxygen atoms in total. The molecule has 0 spiro atoms. The summed E-state index contributed by atoms with van der Waals surface area (Å²) < 4.78 is 5.18. The zero-order valence-corrected chi connectivity index (χ0v) is 7.51. The number of aromatic nitrogens is 2. The maximum Gasteiger partial charge on any atom is 0.246 e. The highest BCUT2D eigenvalue weighted by molar-refractivity contribution is 5.85. The van der Waals surface area contributed by atoms with Gasteiger partial charge in [0.1, 0.15) is 11.9 Å². The van der Waals surface area contributed by atoms with Crippen molar-refractivity contribution in [2.75, 3.05) is 6.54 Å². The van der Waals surface area contributed by atoms with E-state index in [1.54, 1.807) is 0 Å². The molecule has 1 aromatic rings. The summed E-state index contributed by atoms with van der Waals surface area (Å²) >= 11 is 0. The summed E-state index contributed by atoms with van der Waals surface area (Å²) in [4.78, 5) is 10.7. The molecule has 0 radical (unpaired) electrons. The number of nitrogens with zero attached hydrogens (tertiary/aromatic N) is 2. The highest BCUT2D eigenvalue weighted by atomic mass is 16.4. The zero-order valence-electron chi connectivity index (χ0n) is 7.51. The second-order valence-corrected chi connectivity index (χ2v) is 3.37. The first-order valence-electron chi connectivity index (χ1n) is 4.44. The molecule has 14 heavy (non-hydrogen) atoms. The van der Waals surface area contributed by atoms with E-state index in [1.807, 2.05) is 0 Å². The Morgan fingerprint density at radius 3 is 2.86 bits per heavy atom. The molecule has 0 amide bonds. The molecule has 1 aromatic heterocycles. The van der Waals surface area contributed by atoms with Gasteiger partial charge in [-0.05, 0) is 0 Å². The van der Waals surface area contributed by atoms with E-state index in [2.05, 4.69) is 10.2 Å². The van der Waals surface area contributed by atoms with E-state index in [9.17, 15) is 9.90 Å². The van der Waals surface area contributed by atoms with Gasteiger partial charge in [0, 0.05) is 19.4 Å². The third-order valence-electron chi connectivity index (χ3n) is 2.26. The van der Waals surface area contributed by atoms with Gasteiger partial charge in [0.2, 0.25) is 11.8 Å². The number of hydrogen-bond donors (Lipinski definition) is 2. The number of rotatable bonds is 3. The van der Waals surface area contributed by atoms with Crippen LogP contribution in [-0.2, 0) is 4.79 Å². The van der Waals surface area contributed by atoms with E-state index in [0.29, 0.717) is 18.7 Å². The monoisotopic (exact) mass is 197 g/mol. The summed E-state index contributed by atoms with van der Waals surface area (Å²) in [6, 6.07) is 0. The number of nitrogens with two attached hydrogens (primary N) is 1. The predicted octanol–water partition coefficient (Wildman–Crippen LogP) is -0.492. The molecule has 0 bridgehead atoms. The quantitative estimate of drug-likeness (QED) is 0.677. The van der Waals surface area contributed by atoms with Gasteiger partial charge in [0.15, 0.2) is 0 Å². The lowest BCUT2D eigenvalue weighted by Gasteiger charge is -2.19. The van der Waals surface area contributed by atoms with Gasteiger partial charge in [-0.15, -0.1) is 10.2 Å². The molecule has 6 heteroatoms. The molecule has 1 heterocycles. The van der Waals surface area contributed by atoms with Crippen molar-refractivity contribution < 1.29 is 14.3 Å². The summed E-state index contributed by atoms with van der Waals surface area (Å²) in [5, 5.41) is 16.7. The fourth-order valence-corrected chi connectivity index (χ4v) is 1.31. The minimum Gasteiger partial charge on any atom is -0.422 e. The molecule has 1 fully saturated rings. The van der Waals surface area contributed by atoms with Gasteiger partial charge in [0.25, 0.3) is 0 Å². The first-order valence-corrected chi connectivity index (χ1v) is 4.44. The number of ketones is 1. The van der Waals surface area contributed by atoms with E-state index in [-0.39, 0.29) is 24.1 Å². The molecule has 1 saturated carbocycles. The lowest BCUT2D eigenvalue weighted by Crippen LogP contribution is -2.21. The van der Waals surface area contributed by atoms with Gasteiger partial charge in [0.05, 0.1) is 5.92 Å². The number of aliphatic hydroxyl groups is 1. The maximum atomic E-state index is 10.7. The van der Waals surface area contributed by atoms with E-state index in [1.165, 1.54) is 0 Å². The van der Waals surface area contributed by atoms with Gasteiger partial charge < -0.3 is 15.3 Å². The maximum absolute atomic E-state index is 10.7. The average Bonchev–Trinajstić information content (AvgIpc) is 2.60. The van der Waals surface area contributed by atoms with Gasteiger partial charge in [-0.3, -0.25) is 4.79 Å². The van der Waals surface area contributed by atoms with Crippen LogP contribution >= 0.6 is 0 Å². The molecule has 3 N–H and O–H groups in total. The van der Waals surface area contributed by atoms with Crippen LogP contribution in [0.1, 0.15) is 36.6 Å². The summed E-state index contributed by atoms with van der Waals surface area (Å²) in [5.41, 5.74) is 5.23. The van der Waals surface area contributed by atoms with Gasteiger partial charge in [-0.25, -0.2) is 0 Å². The summed E-state index contributed by atoms with van der Waals surface area (Å²) in [7, 11) is 0. The Balaban J connectivity index is 2.06. The van der Waals surface area contributed by atoms with E-state index < -0.39 is 6.10 Å². The van der Waals surface area contributed by atoms with Crippen LogP contribution in [0.5, 0.6) is 0 Å². The van der Waals surface area contributed by atoms with Crippen LogP contribution < -0.4 is 5.73 Å². The molecule has 0 aliphatic heterocycles. The number of aliphatic hydroxyl groups excluding tert-OH is 1. The molecule has 0 saturated heterocycles. The van der Waals surface area contributed by atoms with Crippen LogP contribution in [0, 0.1) is 0 Å². The Kier molecular flexibility index (Phi) is 2.30. The Labute approximate surface area is 80.1 Å². The van der Waals surface area contributed by atoms with Crippen LogP contribution in [0.15, 0.2) is 4.42 Å². The SMILES string of the molecule is NC[C@H](O)c1nnc(C2CC(=O)C2)o1. The largest absolute Gasteiger partial charge is 0.422 e. The summed E-state index contributed by atoms with van der Waals surface area (Å²) in [5.74, 6) is 0.789. The van der Waals surface area contributed by atoms with Crippen molar-refractivity contribution in [2.45, 2.75) is 24.9 Å². The molecule has 1 aliphatic carbocycles. The Morgan fingerprint density at radius 1 is 1.57 bits per heavy atom. The van der Waals surface area contributed by atoms with E-state index in [0.717, 1.165) is 0 Å². The Hall–Kier alpha value is -1.27. The Morgan fingerprint density at radius 2 is 2.29 bits per heavy atom. The fraction of sp³-hybridized carbons (Fsp3) is 0.625. The third kappa shape index (κ3) is 1.53. The number of hydrogen-bond acceptors (Lipinski definition) is 6. The highest BCUT2D eigenvalue weighted by Crippen LogP contribution is 2.32. The van der Waals surface area contributed by atoms with Crippen LogP contribution in [0.4, 0.5) is 0 Å². The fourth-order valence-electron chi connectivity index (χ4n) is 1.31. The first-order chi connectivity index (χ1) is 6.70. The van der Waals surface area contributed by atoms with Gasteiger partial charge in [-0.2, -0.15) is 0 Å². The van der Waals surface area contributed by atoms with Crippen molar-refractivity contribution in [3.8, 4) is 0 Å². The second kappa shape index (κ2) is 3.47. The zero-order chi connectivity index (χ0) is 10.1. The highest BCUT2D eigenvalue weighted by Gasteiger charge is 2.32. The second-order valence-electron chi connectivity index (χ2n) is 3.37. The van der Waals surface area contributed by atoms with Crippen molar-refractivity contribution in [3.05, 3.63) is 11.8 Å². The van der Waals surface area contributed by atoms with Crippen molar-refractivity contribution in [1.29, 1.82) is 0 Å². The molecule has 0 unspecified atom stereocenters. The van der Waals surface area contributed by atoms with Crippen molar-refractivity contribution in [3.63, 3.8) is 0 Å². The van der Waals surface area contributed by atoms with Gasteiger partial charge >= 0.3 is 0 Å². The standard InChI is InChI=1S/C8H11N3O3/c9-3-6(13)8-11-10-7(14-8)4-1-5(12)2-4/h4,6,13H,1-3,9H2/t6-/m0/s1. The molecule has 1 aliphatic rings. The number of carbonyl (C=O) groups is 1. The smallest absolute Gasteiger partial charge is 0.246 e. The van der Waals surface area contributed by atoms with Gasteiger partial charge in [-0.1, -0.05) is 0 Å². The molecule has 2 rings (SSSR count). The third-order valence-corrected chi connectivity index (χ3v) is 2.26. The van der Waals surface area contributed by atoms with Crippen molar-refractivity contribution in [1.82, 2.24) is 10.2 Å². The van der Waals surface area contributed by atoms with E-state index in [4.69, 9.17) is 10.2 Å². The summed E-state index contributed by atoms with van der Waals surface area (Å²) in [6.07, 6.45) is 0.00721. The van der Waals surface area contributed by atoms with Crippen LogP contribution in [0.3, 0.4) is 0 Å². The molecule has 1 atom stereocenters. The number of carbonyl (C=O) groups excluding carboxylic acids is 1.